The van der Waals surface area contributed by atoms with Gasteiger partial charge in [0.05, 0.1) is 5.69 Å². The predicted molar refractivity (Wildman–Crippen MR) is 71.2 cm³/mol. The zero-order chi connectivity index (χ0) is 11.0. The van der Waals surface area contributed by atoms with Crippen LogP contribution in [0, 0.1) is 0 Å². The lowest BCUT2D eigenvalue weighted by Gasteiger charge is -2.05. The summed E-state index contributed by atoms with van der Waals surface area (Å²) in [5.74, 6) is 0. The van der Waals surface area contributed by atoms with Crippen LogP contribution >= 0.6 is 0 Å². The molecule has 0 bridgehead atoms. The van der Waals surface area contributed by atoms with E-state index in [2.05, 4.69) is 15.1 Å². The number of benzene rings is 1. The van der Waals surface area contributed by atoms with Crippen molar-refractivity contribution in [2.75, 3.05) is 0 Å². The lowest BCUT2D eigenvalue weighted by Crippen LogP contribution is -2.33. The first kappa shape index (κ1) is 9.72. The van der Waals surface area contributed by atoms with Crippen molar-refractivity contribution in [3.8, 4) is 0 Å². The Balaban J connectivity index is 1.84. The van der Waals surface area contributed by atoms with Gasteiger partial charge in [0.2, 0.25) is 14.6 Å². The summed E-state index contributed by atoms with van der Waals surface area (Å²) in [6.45, 7) is 0. The van der Waals surface area contributed by atoms with Crippen LogP contribution in [0.25, 0.3) is 0 Å². The van der Waals surface area contributed by atoms with Gasteiger partial charge in [0.25, 0.3) is 7.31 Å². The van der Waals surface area contributed by atoms with Gasteiger partial charge < -0.3 is 15.2 Å². The van der Waals surface area contributed by atoms with Gasteiger partial charge in [0.15, 0.2) is 0 Å². The SMILES string of the molecule is OC1C=Nc2cc(BC3=NBBN3)ccc21. The van der Waals surface area contributed by atoms with E-state index in [-0.39, 0.29) is 0 Å². The Hall–Kier alpha value is -1.49. The molecular formula is C9H10B3N3O. The number of nitrogens with zero attached hydrogens (tertiary/aromatic N) is 2. The van der Waals surface area contributed by atoms with Crippen LogP contribution in [0.5, 0.6) is 0 Å². The molecule has 2 aliphatic heterocycles. The van der Waals surface area contributed by atoms with Crippen molar-refractivity contribution >= 4 is 45.0 Å². The van der Waals surface area contributed by atoms with Crippen LogP contribution in [0.15, 0.2) is 28.1 Å². The van der Waals surface area contributed by atoms with Gasteiger partial charge in [-0.2, -0.15) is 0 Å². The molecule has 0 aliphatic carbocycles. The van der Waals surface area contributed by atoms with E-state index in [1.807, 2.05) is 18.2 Å². The average Bonchev–Trinajstić information content (AvgIpc) is 2.90. The fraction of sp³-hybridized carbons (Fsp3) is 0.111. The Labute approximate surface area is 95.6 Å². The van der Waals surface area contributed by atoms with Gasteiger partial charge in [0, 0.05) is 17.5 Å². The van der Waals surface area contributed by atoms with Gasteiger partial charge in [-0.1, -0.05) is 17.6 Å². The second-order valence-electron chi connectivity index (χ2n) is 4.05. The summed E-state index contributed by atoms with van der Waals surface area (Å²) in [5.41, 5.74) is 3.99. The third-order valence-electron chi connectivity index (χ3n) is 2.88. The maximum absolute atomic E-state index is 9.57. The third-order valence-corrected chi connectivity index (χ3v) is 2.88. The second-order valence-corrected chi connectivity index (χ2v) is 4.05. The Morgan fingerprint density at radius 1 is 1.44 bits per heavy atom. The summed E-state index contributed by atoms with van der Waals surface area (Å²) in [7, 11) is 2.63. The molecule has 0 saturated carbocycles. The zero-order valence-corrected chi connectivity index (χ0v) is 8.85. The Bertz CT molecular complexity index is 489. The van der Waals surface area contributed by atoms with E-state index in [0.29, 0.717) is 0 Å². The predicted octanol–water partition coefficient (Wildman–Crippen LogP) is -1.93. The van der Waals surface area contributed by atoms with Crippen LogP contribution in [0.2, 0.25) is 0 Å². The summed E-state index contributed by atoms with van der Waals surface area (Å²) in [5, 5.41) is 12.8. The molecule has 2 aliphatic rings. The standard InChI is InChI=1S/C9H10B3N3O/c16-8-4-13-7-3-5(1-2-6(7)8)10-9-14-11-12-15-9/h1-4,8,10-12,16H,(H,14,15). The molecule has 0 amide bonds. The summed E-state index contributed by atoms with van der Waals surface area (Å²) in [6, 6.07) is 5.99. The molecule has 0 saturated heterocycles. The van der Waals surface area contributed by atoms with Crippen LogP contribution in [-0.2, 0) is 0 Å². The number of nitrogens with one attached hydrogen (secondary N) is 1. The summed E-state index contributed by atoms with van der Waals surface area (Å²) in [4.78, 5) is 8.54. The number of aliphatic hydroxyl groups is 1. The number of amidine groups is 1. The van der Waals surface area contributed by atoms with Gasteiger partial charge in [-0.25, -0.2) is 0 Å². The highest BCUT2D eigenvalue weighted by Gasteiger charge is 2.17. The molecule has 7 heteroatoms. The van der Waals surface area contributed by atoms with E-state index < -0.39 is 6.10 Å². The largest absolute Gasteiger partial charge is 0.433 e. The van der Waals surface area contributed by atoms with Crippen molar-refractivity contribution in [1.29, 1.82) is 0 Å². The molecule has 0 radical (unpaired) electrons. The Morgan fingerprint density at radius 2 is 2.38 bits per heavy atom. The van der Waals surface area contributed by atoms with E-state index >= 15 is 0 Å². The molecule has 0 fully saturated rings. The van der Waals surface area contributed by atoms with Gasteiger partial charge in [-0.3, -0.25) is 4.99 Å². The highest BCUT2D eigenvalue weighted by molar-refractivity contribution is 7.06. The average molecular weight is 209 g/mol. The van der Waals surface area contributed by atoms with E-state index in [9.17, 15) is 5.11 Å². The minimum atomic E-state index is -0.536. The molecule has 1 aromatic rings. The first-order valence-electron chi connectivity index (χ1n) is 5.45. The molecule has 1 aromatic carbocycles. The van der Waals surface area contributed by atoms with Crippen molar-refractivity contribution in [2.45, 2.75) is 6.10 Å². The van der Waals surface area contributed by atoms with E-state index in [1.54, 1.807) is 6.21 Å². The van der Waals surface area contributed by atoms with E-state index in [4.69, 9.17) is 0 Å². The quantitative estimate of drug-likeness (QED) is 0.557. The van der Waals surface area contributed by atoms with Crippen molar-refractivity contribution in [3.05, 3.63) is 23.8 Å². The lowest BCUT2D eigenvalue weighted by atomic mass is 9.58. The smallest absolute Gasteiger partial charge is 0.251 e. The maximum atomic E-state index is 9.57. The van der Waals surface area contributed by atoms with Crippen molar-refractivity contribution in [2.24, 2.45) is 9.90 Å². The summed E-state index contributed by atoms with van der Waals surface area (Å²) in [6.07, 6.45) is 1.03. The fourth-order valence-electron chi connectivity index (χ4n) is 2.05. The summed E-state index contributed by atoms with van der Waals surface area (Å²) < 4.78 is 0. The van der Waals surface area contributed by atoms with Crippen LogP contribution in [-0.4, -0.2) is 38.9 Å². The zero-order valence-electron chi connectivity index (χ0n) is 8.85. The molecule has 2 N–H and O–H groups in total. The number of hydrogen-bond donors (Lipinski definition) is 2. The van der Waals surface area contributed by atoms with Gasteiger partial charge in [-0.15, -0.1) is 0 Å². The number of fused-ring (bicyclic) bond motifs is 1. The Morgan fingerprint density at radius 3 is 3.19 bits per heavy atom. The fourth-order valence-corrected chi connectivity index (χ4v) is 2.05. The molecule has 2 heterocycles. The molecule has 76 valence electrons. The number of rotatable bonds is 2. The normalized spacial score (nSPS) is 20.6. The molecule has 1 unspecified atom stereocenters. The topological polar surface area (TPSA) is 57.0 Å². The third kappa shape index (κ3) is 1.67. The molecule has 4 nitrogen and oxygen atoms in total. The van der Waals surface area contributed by atoms with Gasteiger partial charge in [0.1, 0.15) is 6.10 Å². The lowest BCUT2D eigenvalue weighted by molar-refractivity contribution is 0.256. The van der Waals surface area contributed by atoms with Crippen LogP contribution in [0.3, 0.4) is 0 Å². The van der Waals surface area contributed by atoms with Crippen LogP contribution < -0.4 is 10.7 Å². The highest BCUT2D eigenvalue weighted by Crippen LogP contribution is 2.28. The molecular weight excluding hydrogens is 199 g/mol. The first-order chi connectivity index (χ1) is 7.83. The molecule has 0 aromatic heterocycles. The van der Waals surface area contributed by atoms with Crippen LogP contribution in [0.4, 0.5) is 5.69 Å². The highest BCUT2D eigenvalue weighted by atomic mass is 16.3. The first-order valence-corrected chi connectivity index (χ1v) is 5.45. The van der Waals surface area contributed by atoms with Crippen molar-refractivity contribution < 1.29 is 5.11 Å². The number of aliphatic imine (C=N–C) groups is 1. The van der Waals surface area contributed by atoms with E-state index in [0.717, 1.165) is 38.9 Å². The number of hydrogen-bond acceptors (Lipinski definition) is 4. The minimum Gasteiger partial charge on any atom is -0.433 e. The maximum Gasteiger partial charge on any atom is 0.251 e. The van der Waals surface area contributed by atoms with Crippen molar-refractivity contribution in [1.82, 2.24) is 5.23 Å². The molecule has 16 heavy (non-hydrogen) atoms. The minimum absolute atomic E-state index is 0.536. The van der Waals surface area contributed by atoms with Crippen LogP contribution in [0.1, 0.15) is 11.7 Å². The van der Waals surface area contributed by atoms with Crippen molar-refractivity contribution in [3.63, 3.8) is 0 Å². The van der Waals surface area contributed by atoms with Gasteiger partial charge in [-0.05, 0) is 6.07 Å². The summed E-state index contributed by atoms with van der Waals surface area (Å²) >= 11 is 0. The Kier molecular flexibility index (Phi) is 2.33. The molecule has 0 spiro atoms. The number of aliphatic hydroxyl groups excluding tert-OH is 1. The molecule has 1 atom stereocenters. The van der Waals surface area contributed by atoms with Gasteiger partial charge >= 0.3 is 0 Å². The monoisotopic (exact) mass is 209 g/mol. The molecule has 3 rings (SSSR count). The van der Waals surface area contributed by atoms with E-state index in [1.165, 1.54) is 5.46 Å². The second kappa shape index (κ2) is 3.83.